The SMILES string of the molecule is CC/C=C\C/C=C\C/C=C\C/C=C\C/C=C\CCCCCC(=O)OCC(COC(=O)CCCCC/C=C\C/C=C\C/C=C\CC)OC(=O)CCCCCCCCC/C=C\C/C=C\CCCCC. The van der Waals surface area contributed by atoms with E-state index in [2.05, 4.69) is 142 Å². The van der Waals surface area contributed by atoms with Gasteiger partial charge in [0.1, 0.15) is 13.2 Å². The first-order valence-electron chi connectivity index (χ1n) is 27.0. The smallest absolute Gasteiger partial charge is 0.306 e. The molecule has 1 unspecified atom stereocenters. The zero-order valence-electron chi connectivity index (χ0n) is 43.1. The molecule has 0 aliphatic rings. The van der Waals surface area contributed by atoms with Gasteiger partial charge in [-0.15, -0.1) is 0 Å². The van der Waals surface area contributed by atoms with Gasteiger partial charge in [0.05, 0.1) is 0 Å². The van der Waals surface area contributed by atoms with Crippen LogP contribution in [0.3, 0.4) is 0 Å². The number of esters is 3. The minimum Gasteiger partial charge on any atom is -0.462 e. The summed E-state index contributed by atoms with van der Waals surface area (Å²) in [6.07, 6.45) is 74.7. The van der Waals surface area contributed by atoms with Gasteiger partial charge in [0.15, 0.2) is 6.10 Å². The molecular weight excluding hydrogens is 829 g/mol. The van der Waals surface area contributed by atoms with Crippen LogP contribution in [0.5, 0.6) is 0 Å². The molecule has 0 aromatic heterocycles. The summed E-state index contributed by atoms with van der Waals surface area (Å²) in [5.41, 5.74) is 0. The zero-order valence-corrected chi connectivity index (χ0v) is 43.1. The van der Waals surface area contributed by atoms with Crippen LogP contribution in [0.4, 0.5) is 0 Å². The Kier molecular flexibility index (Phi) is 51.0. The summed E-state index contributed by atoms with van der Waals surface area (Å²) < 4.78 is 16.8. The fraction of sp³-hybridized carbons (Fsp3) is 0.623. The van der Waals surface area contributed by atoms with Crippen LogP contribution in [0.1, 0.15) is 226 Å². The standard InChI is InChI=1S/C61H98O6/c1-4-7-10-13-16-19-22-25-27-29-30-32-33-36-39-42-45-48-51-54-60(63)66-57-58(56-65-59(62)53-50-47-44-41-38-35-24-21-18-15-12-9-6-3)67-61(64)55-52-49-46-43-40-37-34-31-28-26-23-20-17-14-11-8-5-2/h7,9-10,12,16-21,25-28,30,32,35-36,38-39,58H,4-6,8,11,13-15,22-24,29,31,33-34,37,40-57H2,1-3H3/b10-7-,12-9-,19-16-,20-17-,21-18-,27-25-,28-26-,32-30-,38-35-,39-36-. The molecule has 0 N–H and O–H groups in total. The van der Waals surface area contributed by atoms with Crippen LogP contribution in [0.25, 0.3) is 0 Å². The van der Waals surface area contributed by atoms with E-state index in [9.17, 15) is 14.4 Å². The number of hydrogen-bond donors (Lipinski definition) is 0. The lowest BCUT2D eigenvalue weighted by Gasteiger charge is -2.18. The summed E-state index contributed by atoms with van der Waals surface area (Å²) in [5, 5.41) is 0. The highest BCUT2D eigenvalue weighted by Gasteiger charge is 2.19. The van der Waals surface area contributed by atoms with Gasteiger partial charge < -0.3 is 14.2 Å². The van der Waals surface area contributed by atoms with Crippen LogP contribution < -0.4 is 0 Å². The van der Waals surface area contributed by atoms with E-state index in [1.54, 1.807) is 0 Å². The molecule has 0 aromatic rings. The summed E-state index contributed by atoms with van der Waals surface area (Å²) in [5.74, 6) is -0.983. The highest BCUT2D eigenvalue weighted by atomic mass is 16.6. The minimum absolute atomic E-state index is 0.111. The van der Waals surface area contributed by atoms with Crippen molar-refractivity contribution in [2.24, 2.45) is 0 Å². The molecule has 0 radical (unpaired) electrons. The molecule has 0 saturated carbocycles. The van der Waals surface area contributed by atoms with E-state index in [1.165, 1.54) is 51.4 Å². The van der Waals surface area contributed by atoms with Gasteiger partial charge in [0.2, 0.25) is 0 Å². The Morgan fingerprint density at radius 1 is 0.313 bits per heavy atom. The quantitative estimate of drug-likeness (QED) is 0.0262. The molecule has 0 rings (SSSR count). The lowest BCUT2D eigenvalue weighted by atomic mass is 10.1. The molecule has 0 saturated heterocycles. The largest absolute Gasteiger partial charge is 0.462 e. The van der Waals surface area contributed by atoms with E-state index in [0.29, 0.717) is 19.3 Å². The molecule has 0 fully saturated rings. The Morgan fingerprint density at radius 3 is 0.925 bits per heavy atom. The van der Waals surface area contributed by atoms with Crippen molar-refractivity contribution in [2.75, 3.05) is 13.2 Å². The molecule has 6 nitrogen and oxygen atoms in total. The highest BCUT2D eigenvalue weighted by molar-refractivity contribution is 5.71. The molecule has 1 atom stereocenters. The van der Waals surface area contributed by atoms with Crippen molar-refractivity contribution in [1.82, 2.24) is 0 Å². The lowest BCUT2D eigenvalue weighted by Crippen LogP contribution is -2.30. The van der Waals surface area contributed by atoms with Gasteiger partial charge in [-0.2, -0.15) is 0 Å². The molecule has 378 valence electrons. The summed E-state index contributed by atoms with van der Waals surface area (Å²) in [6, 6.07) is 0. The van der Waals surface area contributed by atoms with Crippen LogP contribution in [0.2, 0.25) is 0 Å². The second-order valence-electron chi connectivity index (χ2n) is 17.4. The first kappa shape index (κ1) is 62.8. The van der Waals surface area contributed by atoms with Gasteiger partial charge in [-0.05, 0) is 128 Å². The van der Waals surface area contributed by atoms with Gasteiger partial charge >= 0.3 is 17.9 Å². The third kappa shape index (κ3) is 52.6. The number of carbonyl (C=O) groups excluding carboxylic acids is 3. The van der Waals surface area contributed by atoms with Crippen LogP contribution in [-0.4, -0.2) is 37.2 Å². The average molecular weight is 927 g/mol. The molecule has 0 bridgehead atoms. The van der Waals surface area contributed by atoms with E-state index in [1.807, 2.05) is 0 Å². The van der Waals surface area contributed by atoms with Crippen molar-refractivity contribution in [1.29, 1.82) is 0 Å². The van der Waals surface area contributed by atoms with Crippen LogP contribution in [0, 0.1) is 0 Å². The molecule has 0 heterocycles. The van der Waals surface area contributed by atoms with Gasteiger partial charge in [-0.3, -0.25) is 14.4 Å². The Labute approximate surface area is 412 Å². The van der Waals surface area contributed by atoms with E-state index < -0.39 is 6.10 Å². The first-order valence-corrected chi connectivity index (χ1v) is 27.0. The Bertz CT molecular complexity index is 1440. The molecule has 0 aromatic carbocycles. The highest BCUT2D eigenvalue weighted by Crippen LogP contribution is 2.13. The van der Waals surface area contributed by atoms with E-state index in [0.717, 1.165) is 135 Å². The number of hydrogen-bond acceptors (Lipinski definition) is 6. The Balaban J connectivity index is 4.51. The first-order chi connectivity index (χ1) is 33.0. The monoisotopic (exact) mass is 927 g/mol. The molecule has 6 heteroatoms. The topological polar surface area (TPSA) is 78.9 Å². The predicted octanol–water partition coefficient (Wildman–Crippen LogP) is 18.1. The molecule has 0 aliphatic carbocycles. The van der Waals surface area contributed by atoms with Gasteiger partial charge in [-0.25, -0.2) is 0 Å². The minimum atomic E-state index is -0.812. The Hall–Kier alpha value is -4.19. The number of unbranched alkanes of at least 4 members (excludes halogenated alkanes) is 16. The summed E-state index contributed by atoms with van der Waals surface area (Å²) in [6.45, 7) is 6.31. The zero-order chi connectivity index (χ0) is 48.6. The number of carbonyl (C=O) groups is 3. The number of allylic oxidation sites excluding steroid dienone is 20. The van der Waals surface area contributed by atoms with Crippen molar-refractivity contribution in [3.05, 3.63) is 122 Å². The van der Waals surface area contributed by atoms with E-state index in [4.69, 9.17) is 14.2 Å². The maximum Gasteiger partial charge on any atom is 0.306 e. The third-order valence-electron chi connectivity index (χ3n) is 10.9. The molecule has 67 heavy (non-hydrogen) atoms. The summed E-state index contributed by atoms with van der Waals surface area (Å²) in [7, 11) is 0. The van der Waals surface area contributed by atoms with Crippen molar-refractivity contribution >= 4 is 17.9 Å². The van der Waals surface area contributed by atoms with Gasteiger partial charge in [0.25, 0.3) is 0 Å². The normalized spacial score (nSPS) is 13.1. The van der Waals surface area contributed by atoms with Gasteiger partial charge in [0, 0.05) is 19.3 Å². The summed E-state index contributed by atoms with van der Waals surface area (Å²) >= 11 is 0. The van der Waals surface area contributed by atoms with Crippen molar-refractivity contribution < 1.29 is 28.6 Å². The van der Waals surface area contributed by atoms with Crippen molar-refractivity contribution in [3.63, 3.8) is 0 Å². The van der Waals surface area contributed by atoms with Crippen LogP contribution in [0.15, 0.2) is 122 Å². The molecule has 0 amide bonds. The van der Waals surface area contributed by atoms with E-state index >= 15 is 0 Å². The van der Waals surface area contributed by atoms with Crippen LogP contribution >= 0.6 is 0 Å². The lowest BCUT2D eigenvalue weighted by molar-refractivity contribution is -0.167. The van der Waals surface area contributed by atoms with Gasteiger partial charge in [-0.1, -0.05) is 200 Å². The fourth-order valence-electron chi connectivity index (χ4n) is 6.92. The van der Waals surface area contributed by atoms with E-state index in [-0.39, 0.29) is 31.1 Å². The average Bonchev–Trinajstić information content (AvgIpc) is 3.33. The van der Waals surface area contributed by atoms with Crippen LogP contribution in [-0.2, 0) is 28.6 Å². The second-order valence-corrected chi connectivity index (χ2v) is 17.4. The predicted molar refractivity (Wildman–Crippen MR) is 288 cm³/mol. The molecule has 0 aliphatic heterocycles. The van der Waals surface area contributed by atoms with Crippen molar-refractivity contribution in [2.45, 2.75) is 232 Å². The summed E-state index contributed by atoms with van der Waals surface area (Å²) in [4.78, 5) is 38.1. The number of ether oxygens (including phenoxy) is 3. The van der Waals surface area contributed by atoms with Crippen molar-refractivity contribution in [3.8, 4) is 0 Å². The molecular formula is C61H98O6. The third-order valence-corrected chi connectivity index (χ3v) is 10.9. The maximum absolute atomic E-state index is 12.8. The molecule has 0 spiro atoms. The number of rotatable bonds is 47. The Morgan fingerprint density at radius 2 is 0.582 bits per heavy atom. The maximum atomic E-state index is 12.8. The second kappa shape index (κ2) is 54.4. The fourth-order valence-corrected chi connectivity index (χ4v) is 6.92.